The number of hydrogen-bond acceptors (Lipinski definition) is 5. The minimum atomic E-state index is -0.903. The molecule has 1 N–H and O–H groups in total. The second-order valence-corrected chi connectivity index (χ2v) is 5.22. The van der Waals surface area contributed by atoms with Gasteiger partial charge in [0.25, 0.3) is 0 Å². The molecule has 2 aromatic rings. The maximum atomic E-state index is 11.2. The van der Waals surface area contributed by atoms with Crippen molar-refractivity contribution in [1.82, 2.24) is 0 Å². The van der Waals surface area contributed by atoms with Crippen molar-refractivity contribution in [3.63, 3.8) is 0 Å². The first kappa shape index (κ1) is 16.8. The molecule has 0 aliphatic heterocycles. The number of esters is 1. The van der Waals surface area contributed by atoms with Crippen molar-refractivity contribution in [1.29, 1.82) is 0 Å². The van der Waals surface area contributed by atoms with Gasteiger partial charge in [-0.05, 0) is 42.0 Å². The van der Waals surface area contributed by atoms with E-state index in [1.807, 2.05) is 36.4 Å². The molecule has 23 heavy (non-hydrogen) atoms. The van der Waals surface area contributed by atoms with E-state index < -0.39 is 12.1 Å². The molecule has 2 rings (SSSR count). The zero-order chi connectivity index (χ0) is 16.8. The number of fused-ring (bicyclic) bond motifs is 1. The van der Waals surface area contributed by atoms with Gasteiger partial charge in [-0.1, -0.05) is 18.7 Å². The highest BCUT2D eigenvalue weighted by atomic mass is 16.5. The molecule has 0 saturated heterocycles. The smallest absolute Gasteiger partial charge is 0.333 e. The predicted molar refractivity (Wildman–Crippen MR) is 87.8 cm³/mol. The Hall–Kier alpha value is -2.53. The van der Waals surface area contributed by atoms with Crippen molar-refractivity contribution in [2.75, 3.05) is 20.3 Å². The van der Waals surface area contributed by atoms with Gasteiger partial charge >= 0.3 is 5.97 Å². The molecule has 1 unspecified atom stereocenters. The van der Waals surface area contributed by atoms with Crippen molar-refractivity contribution in [3.05, 3.63) is 48.6 Å². The lowest BCUT2D eigenvalue weighted by Gasteiger charge is -2.13. The fourth-order valence-corrected chi connectivity index (χ4v) is 1.96. The van der Waals surface area contributed by atoms with Crippen LogP contribution in [0.4, 0.5) is 0 Å². The molecule has 5 heteroatoms. The molecule has 0 aromatic heterocycles. The third-order valence-electron chi connectivity index (χ3n) is 3.22. The topological polar surface area (TPSA) is 65.0 Å². The summed E-state index contributed by atoms with van der Waals surface area (Å²) in [6, 6.07) is 11.4. The van der Waals surface area contributed by atoms with Crippen LogP contribution < -0.4 is 9.47 Å². The Balaban J connectivity index is 1.93. The number of rotatable bonds is 7. The summed E-state index contributed by atoms with van der Waals surface area (Å²) in [7, 11) is 1.62. The van der Waals surface area contributed by atoms with Crippen LogP contribution in [0.2, 0.25) is 0 Å². The number of benzene rings is 2. The van der Waals surface area contributed by atoms with E-state index >= 15 is 0 Å². The van der Waals surface area contributed by atoms with Gasteiger partial charge in [-0.15, -0.1) is 0 Å². The van der Waals surface area contributed by atoms with Crippen LogP contribution in [0.25, 0.3) is 10.8 Å². The zero-order valence-corrected chi connectivity index (χ0v) is 13.2. The number of ether oxygens (including phenoxy) is 3. The maximum Gasteiger partial charge on any atom is 0.333 e. The summed E-state index contributed by atoms with van der Waals surface area (Å²) in [6.07, 6.45) is -0.903. The molecule has 0 radical (unpaired) electrons. The average molecular weight is 316 g/mol. The predicted octanol–water partition coefficient (Wildman–Crippen LogP) is 2.71. The van der Waals surface area contributed by atoms with E-state index in [0.717, 1.165) is 16.5 Å². The summed E-state index contributed by atoms with van der Waals surface area (Å²) < 4.78 is 15.6. The quantitative estimate of drug-likeness (QED) is 0.628. The Morgan fingerprint density at radius 2 is 1.78 bits per heavy atom. The van der Waals surface area contributed by atoms with Crippen LogP contribution in [0.15, 0.2) is 48.6 Å². The zero-order valence-electron chi connectivity index (χ0n) is 13.2. The molecule has 0 heterocycles. The van der Waals surface area contributed by atoms with Gasteiger partial charge in [0.2, 0.25) is 0 Å². The average Bonchev–Trinajstić information content (AvgIpc) is 2.56. The van der Waals surface area contributed by atoms with Crippen LogP contribution in [-0.4, -0.2) is 37.5 Å². The van der Waals surface area contributed by atoms with Crippen LogP contribution in [0.1, 0.15) is 6.92 Å². The van der Waals surface area contributed by atoms with Crippen molar-refractivity contribution in [2.45, 2.75) is 13.0 Å². The van der Waals surface area contributed by atoms with Crippen LogP contribution in [0.5, 0.6) is 11.5 Å². The van der Waals surface area contributed by atoms with E-state index in [4.69, 9.17) is 14.2 Å². The summed E-state index contributed by atoms with van der Waals surface area (Å²) in [5, 5.41) is 11.8. The second kappa shape index (κ2) is 7.65. The Morgan fingerprint density at radius 1 is 1.13 bits per heavy atom. The van der Waals surface area contributed by atoms with E-state index in [1.54, 1.807) is 14.0 Å². The van der Waals surface area contributed by atoms with Crippen molar-refractivity contribution in [2.24, 2.45) is 0 Å². The van der Waals surface area contributed by atoms with Gasteiger partial charge in [0.15, 0.2) is 0 Å². The van der Waals surface area contributed by atoms with Crippen LogP contribution in [0, 0.1) is 0 Å². The molecule has 0 spiro atoms. The van der Waals surface area contributed by atoms with E-state index in [1.165, 1.54) is 0 Å². The second-order valence-electron chi connectivity index (χ2n) is 5.22. The number of aliphatic hydroxyl groups is 1. The van der Waals surface area contributed by atoms with Crippen molar-refractivity contribution in [3.8, 4) is 11.5 Å². The lowest BCUT2D eigenvalue weighted by molar-refractivity contribution is -0.142. The van der Waals surface area contributed by atoms with E-state index in [0.29, 0.717) is 11.3 Å². The third kappa shape index (κ3) is 4.72. The number of hydrogen-bond donors (Lipinski definition) is 1. The number of carbonyl (C=O) groups is 1. The normalized spacial score (nSPS) is 11.8. The van der Waals surface area contributed by atoms with Gasteiger partial charge in [0.05, 0.1) is 7.11 Å². The lowest BCUT2D eigenvalue weighted by atomic mass is 10.1. The van der Waals surface area contributed by atoms with Crippen LogP contribution >= 0.6 is 0 Å². The molecule has 0 fully saturated rings. The summed E-state index contributed by atoms with van der Waals surface area (Å²) in [6.45, 7) is 4.92. The first-order chi connectivity index (χ1) is 11.0. The van der Waals surface area contributed by atoms with E-state index in [9.17, 15) is 9.90 Å². The molecule has 5 nitrogen and oxygen atoms in total. The highest BCUT2D eigenvalue weighted by Crippen LogP contribution is 2.25. The first-order valence-corrected chi connectivity index (χ1v) is 7.21. The molecular formula is C18H20O5. The highest BCUT2D eigenvalue weighted by Gasteiger charge is 2.10. The molecule has 122 valence electrons. The number of carbonyl (C=O) groups excluding carboxylic acids is 1. The molecule has 1 atom stereocenters. The van der Waals surface area contributed by atoms with Gasteiger partial charge in [-0.3, -0.25) is 0 Å². The minimum absolute atomic E-state index is 0.0267. The van der Waals surface area contributed by atoms with Gasteiger partial charge in [0.1, 0.15) is 30.8 Å². The number of aliphatic hydroxyl groups excluding tert-OH is 1. The molecule has 2 aromatic carbocycles. The standard InChI is InChI=1S/C18H20O5/c1-12(2)18(20)23-11-15(19)10-22-17-7-5-13-4-6-16(21-3)8-14(13)9-17/h4-9,15,19H,1,10-11H2,2-3H3. The Morgan fingerprint density at radius 3 is 2.43 bits per heavy atom. The molecule has 0 saturated carbocycles. The maximum absolute atomic E-state index is 11.2. The molecule has 0 amide bonds. The fourth-order valence-electron chi connectivity index (χ4n) is 1.96. The van der Waals surface area contributed by atoms with E-state index in [-0.39, 0.29) is 13.2 Å². The molecule has 0 aliphatic rings. The third-order valence-corrected chi connectivity index (χ3v) is 3.22. The summed E-state index contributed by atoms with van der Waals surface area (Å²) in [5.41, 5.74) is 0.293. The largest absolute Gasteiger partial charge is 0.497 e. The Bertz CT molecular complexity index is 708. The van der Waals surface area contributed by atoms with Crippen molar-refractivity contribution >= 4 is 16.7 Å². The van der Waals surface area contributed by atoms with Gasteiger partial charge in [0, 0.05) is 5.57 Å². The number of methoxy groups -OCH3 is 1. The molecule has 0 aliphatic carbocycles. The van der Waals surface area contributed by atoms with Crippen molar-refractivity contribution < 1.29 is 24.1 Å². The highest BCUT2D eigenvalue weighted by molar-refractivity contribution is 5.87. The first-order valence-electron chi connectivity index (χ1n) is 7.21. The Kier molecular flexibility index (Phi) is 5.60. The van der Waals surface area contributed by atoms with Gasteiger partial charge in [-0.25, -0.2) is 4.79 Å². The molecular weight excluding hydrogens is 296 g/mol. The SMILES string of the molecule is C=C(C)C(=O)OCC(O)COc1ccc2ccc(OC)cc2c1. The van der Waals surface area contributed by atoms with Gasteiger partial charge in [-0.2, -0.15) is 0 Å². The summed E-state index contributed by atoms with van der Waals surface area (Å²) >= 11 is 0. The Labute approximate surface area is 135 Å². The lowest BCUT2D eigenvalue weighted by Crippen LogP contribution is -2.25. The minimum Gasteiger partial charge on any atom is -0.497 e. The molecule has 0 bridgehead atoms. The fraction of sp³-hybridized carbons (Fsp3) is 0.278. The van der Waals surface area contributed by atoms with Crippen LogP contribution in [-0.2, 0) is 9.53 Å². The summed E-state index contributed by atoms with van der Waals surface area (Å²) in [5.74, 6) is 0.860. The summed E-state index contributed by atoms with van der Waals surface area (Å²) in [4.78, 5) is 11.2. The monoisotopic (exact) mass is 316 g/mol. The van der Waals surface area contributed by atoms with Gasteiger partial charge < -0.3 is 19.3 Å². The van der Waals surface area contributed by atoms with E-state index in [2.05, 4.69) is 6.58 Å². The van der Waals surface area contributed by atoms with Crippen LogP contribution in [0.3, 0.4) is 0 Å².